The highest BCUT2D eigenvalue weighted by atomic mass is 15.2. The van der Waals surface area contributed by atoms with Gasteiger partial charge in [0.15, 0.2) is 0 Å². The van der Waals surface area contributed by atoms with Gasteiger partial charge in [-0.2, -0.15) is 5.26 Å². The van der Waals surface area contributed by atoms with E-state index in [-0.39, 0.29) is 6.04 Å². The summed E-state index contributed by atoms with van der Waals surface area (Å²) in [6, 6.07) is 6.77. The van der Waals surface area contributed by atoms with E-state index in [9.17, 15) is 0 Å². The van der Waals surface area contributed by atoms with Crippen molar-refractivity contribution in [3.8, 4) is 6.07 Å². The summed E-state index contributed by atoms with van der Waals surface area (Å²) in [5, 5.41) is 8.88. The molecular formula is C16H22N4. The third kappa shape index (κ3) is 2.54. The highest BCUT2D eigenvalue weighted by molar-refractivity contribution is 5.78. The van der Waals surface area contributed by atoms with Gasteiger partial charge in [-0.3, -0.25) is 4.90 Å². The number of hydrogen-bond donors (Lipinski definition) is 0. The Morgan fingerprint density at radius 3 is 2.55 bits per heavy atom. The van der Waals surface area contributed by atoms with Crippen LogP contribution in [0.3, 0.4) is 0 Å². The molecule has 0 saturated carbocycles. The van der Waals surface area contributed by atoms with E-state index in [1.54, 1.807) is 0 Å². The van der Waals surface area contributed by atoms with Crippen LogP contribution in [-0.2, 0) is 6.54 Å². The number of imidazole rings is 1. The molecular weight excluding hydrogens is 248 g/mol. The van der Waals surface area contributed by atoms with Gasteiger partial charge < -0.3 is 4.57 Å². The van der Waals surface area contributed by atoms with E-state index >= 15 is 0 Å². The molecule has 0 spiro atoms. The van der Waals surface area contributed by atoms with Crippen molar-refractivity contribution >= 4 is 11.0 Å². The van der Waals surface area contributed by atoms with Crippen LogP contribution in [0.5, 0.6) is 0 Å². The van der Waals surface area contributed by atoms with E-state index in [0.717, 1.165) is 16.9 Å². The number of rotatable bonds is 4. The lowest BCUT2D eigenvalue weighted by atomic mass is 10.1. The van der Waals surface area contributed by atoms with Gasteiger partial charge in [0.1, 0.15) is 5.82 Å². The van der Waals surface area contributed by atoms with Crippen molar-refractivity contribution in [2.45, 2.75) is 39.8 Å². The molecule has 0 saturated heterocycles. The van der Waals surface area contributed by atoms with Crippen LogP contribution in [0.1, 0.15) is 36.3 Å². The zero-order chi connectivity index (χ0) is 14.9. The van der Waals surface area contributed by atoms with E-state index in [2.05, 4.69) is 62.5 Å². The Morgan fingerprint density at radius 2 is 1.95 bits per heavy atom. The minimum absolute atomic E-state index is 0.224. The van der Waals surface area contributed by atoms with Gasteiger partial charge in [0.05, 0.1) is 29.6 Å². The predicted octanol–water partition coefficient (Wildman–Crippen LogP) is 3.19. The number of fused-ring (bicyclic) bond motifs is 1. The predicted molar refractivity (Wildman–Crippen MR) is 81.5 cm³/mol. The second-order valence-electron chi connectivity index (χ2n) is 5.59. The second kappa shape index (κ2) is 5.64. The highest BCUT2D eigenvalue weighted by Gasteiger charge is 2.18. The lowest BCUT2D eigenvalue weighted by molar-refractivity contribution is 0.302. The zero-order valence-electron chi connectivity index (χ0n) is 12.9. The molecule has 1 aromatic heterocycles. The molecule has 0 N–H and O–H groups in total. The maximum Gasteiger partial charge on any atom is 0.127 e. The van der Waals surface area contributed by atoms with Crippen LogP contribution < -0.4 is 0 Å². The molecule has 1 atom stereocenters. The van der Waals surface area contributed by atoms with Crippen molar-refractivity contribution < 1.29 is 0 Å². The molecule has 0 radical (unpaired) electrons. The van der Waals surface area contributed by atoms with Crippen LogP contribution in [0.15, 0.2) is 12.1 Å². The number of aryl methyl sites for hydroxylation is 3. The third-order valence-corrected chi connectivity index (χ3v) is 3.99. The average Bonchev–Trinajstić information content (AvgIpc) is 2.73. The van der Waals surface area contributed by atoms with Gasteiger partial charge >= 0.3 is 0 Å². The fraction of sp³-hybridized carbons (Fsp3) is 0.500. The van der Waals surface area contributed by atoms with Crippen molar-refractivity contribution in [3.63, 3.8) is 0 Å². The van der Waals surface area contributed by atoms with E-state index < -0.39 is 0 Å². The van der Waals surface area contributed by atoms with Gasteiger partial charge in [-0.05, 0) is 58.1 Å². The van der Waals surface area contributed by atoms with Crippen LogP contribution in [0.2, 0.25) is 0 Å². The van der Waals surface area contributed by atoms with Gasteiger partial charge in [0.2, 0.25) is 0 Å². The molecule has 0 bridgehead atoms. The van der Waals surface area contributed by atoms with Gasteiger partial charge in [0.25, 0.3) is 0 Å². The van der Waals surface area contributed by atoms with Crippen molar-refractivity contribution in [3.05, 3.63) is 29.1 Å². The number of nitriles is 1. The summed E-state index contributed by atoms with van der Waals surface area (Å²) < 4.78 is 2.19. The molecule has 2 rings (SSSR count). The summed E-state index contributed by atoms with van der Waals surface area (Å²) in [7, 11) is 4.10. The standard InChI is InChI=1S/C16H22N4/c1-11-9-14-15(10-12(11)2)20(8-6-7-17)16(18-14)13(3)19(4)5/h9-10,13H,6,8H2,1-5H3. The summed E-state index contributed by atoms with van der Waals surface area (Å²) in [6.07, 6.45) is 0.505. The summed E-state index contributed by atoms with van der Waals surface area (Å²) in [4.78, 5) is 6.94. The average molecular weight is 270 g/mol. The third-order valence-electron chi connectivity index (χ3n) is 3.99. The maximum absolute atomic E-state index is 8.88. The zero-order valence-corrected chi connectivity index (χ0v) is 12.9. The van der Waals surface area contributed by atoms with Crippen molar-refractivity contribution in [1.29, 1.82) is 5.26 Å². The normalized spacial score (nSPS) is 12.8. The molecule has 2 aromatic rings. The Hall–Kier alpha value is -1.86. The van der Waals surface area contributed by atoms with E-state index in [0.29, 0.717) is 13.0 Å². The molecule has 0 aliphatic carbocycles. The summed E-state index contributed by atoms with van der Waals surface area (Å²) in [5.41, 5.74) is 4.67. The van der Waals surface area contributed by atoms with Gasteiger partial charge in [0, 0.05) is 6.54 Å². The smallest absolute Gasteiger partial charge is 0.127 e. The Kier molecular flexibility index (Phi) is 4.10. The molecule has 1 unspecified atom stereocenters. The van der Waals surface area contributed by atoms with Crippen molar-refractivity contribution in [1.82, 2.24) is 14.5 Å². The van der Waals surface area contributed by atoms with Crippen molar-refractivity contribution in [2.75, 3.05) is 14.1 Å². The van der Waals surface area contributed by atoms with Crippen LogP contribution in [0.25, 0.3) is 11.0 Å². The number of benzene rings is 1. The molecule has 1 heterocycles. The molecule has 0 aliphatic rings. The topological polar surface area (TPSA) is 44.9 Å². The molecule has 0 aliphatic heterocycles. The molecule has 0 fully saturated rings. The lowest BCUT2D eigenvalue weighted by Gasteiger charge is -2.20. The van der Waals surface area contributed by atoms with E-state index in [1.807, 2.05) is 0 Å². The Labute approximate surface area is 120 Å². The molecule has 20 heavy (non-hydrogen) atoms. The van der Waals surface area contributed by atoms with Crippen LogP contribution in [0, 0.1) is 25.2 Å². The number of nitrogens with zero attached hydrogens (tertiary/aromatic N) is 4. The van der Waals surface area contributed by atoms with E-state index in [4.69, 9.17) is 10.2 Å². The highest BCUT2D eigenvalue weighted by Crippen LogP contribution is 2.26. The minimum Gasteiger partial charge on any atom is -0.326 e. The first-order valence-corrected chi connectivity index (χ1v) is 6.96. The Morgan fingerprint density at radius 1 is 1.30 bits per heavy atom. The summed E-state index contributed by atoms with van der Waals surface area (Å²) >= 11 is 0. The molecule has 1 aromatic carbocycles. The van der Waals surface area contributed by atoms with Gasteiger partial charge in [-0.25, -0.2) is 4.98 Å². The second-order valence-corrected chi connectivity index (χ2v) is 5.59. The summed E-state index contributed by atoms with van der Waals surface area (Å²) in [5.74, 6) is 1.03. The van der Waals surface area contributed by atoms with Gasteiger partial charge in [-0.1, -0.05) is 0 Å². The Bertz CT molecular complexity index is 661. The largest absolute Gasteiger partial charge is 0.326 e. The summed E-state index contributed by atoms with van der Waals surface area (Å²) in [6.45, 7) is 7.07. The quantitative estimate of drug-likeness (QED) is 0.857. The van der Waals surface area contributed by atoms with Gasteiger partial charge in [-0.15, -0.1) is 0 Å². The fourth-order valence-corrected chi connectivity index (χ4v) is 2.35. The van der Waals surface area contributed by atoms with Crippen LogP contribution >= 0.6 is 0 Å². The lowest BCUT2D eigenvalue weighted by Crippen LogP contribution is -2.21. The Balaban J connectivity index is 2.63. The minimum atomic E-state index is 0.224. The monoisotopic (exact) mass is 270 g/mol. The number of hydrogen-bond acceptors (Lipinski definition) is 3. The van der Waals surface area contributed by atoms with Crippen LogP contribution in [-0.4, -0.2) is 28.5 Å². The SMILES string of the molecule is Cc1cc2nc(C(C)N(C)C)n(CCC#N)c2cc1C. The first kappa shape index (κ1) is 14.5. The van der Waals surface area contributed by atoms with Crippen molar-refractivity contribution in [2.24, 2.45) is 0 Å². The molecule has 4 nitrogen and oxygen atoms in total. The maximum atomic E-state index is 8.88. The molecule has 106 valence electrons. The fourth-order valence-electron chi connectivity index (χ4n) is 2.35. The first-order valence-electron chi connectivity index (χ1n) is 6.96. The first-order chi connectivity index (χ1) is 9.45. The molecule has 4 heteroatoms. The number of aromatic nitrogens is 2. The molecule has 0 amide bonds. The van der Waals surface area contributed by atoms with Crippen LogP contribution in [0.4, 0.5) is 0 Å². The van der Waals surface area contributed by atoms with E-state index in [1.165, 1.54) is 11.1 Å².